The van der Waals surface area contributed by atoms with Gasteiger partial charge in [0.1, 0.15) is 5.75 Å². The zero-order valence-corrected chi connectivity index (χ0v) is 11.3. The molecule has 0 aromatic heterocycles. The van der Waals surface area contributed by atoms with Crippen LogP contribution >= 0.6 is 0 Å². The minimum atomic E-state index is 0.578. The zero-order valence-electron chi connectivity index (χ0n) is 11.3. The maximum atomic E-state index is 10.5. The molecule has 2 aromatic carbocycles. The molecule has 1 fully saturated rings. The quantitative estimate of drug-likeness (QED) is 0.817. The van der Waals surface area contributed by atoms with Crippen LogP contribution in [0.25, 0.3) is 11.1 Å². The Balaban J connectivity index is 1.66. The van der Waals surface area contributed by atoms with Gasteiger partial charge in [-0.05, 0) is 42.0 Å². The normalized spacial score (nSPS) is 14.6. The molecular formula is C18H17O2. The van der Waals surface area contributed by atoms with Crippen LogP contribution in [-0.4, -0.2) is 12.9 Å². The van der Waals surface area contributed by atoms with Crippen LogP contribution in [0.15, 0.2) is 48.5 Å². The van der Waals surface area contributed by atoms with E-state index in [9.17, 15) is 4.79 Å². The lowest BCUT2D eigenvalue weighted by Crippen LogP contribution is -2.19. The predicted octanol–water partition coefficient (Wildman–Crippen LogP) is 3.99. The lowest BCUT2D eigenvalue weighted by atomic mass is 9.86. The van der Waals surface area contributed by atoms with E-state index in [2.05, 4.69) is 12.1 Å². The summed E-state index contributed by atoms with van der Waals surface area (Å²) in [5.41, 5.74) is 2.79. The molecule has 2 aromatic rings. The lowest BCUT2D eigenvalue weighted by Gasteiger charge is -2.25. The molecule has 3 rings (SSSR count). The van der Waals surface area contributed by atoms with Crippen LogP contribution in [0.3, 0.4) is 0 Å². The van der Waals surface area contributed by atoms with E-state index in [0.717, 1.165) is 29.4 Å². The Bertz CT molecular complexity index is 565. The minimum Gasteiger partial charge on any atom is -0.493 e. The summed E-state index contributed by atoms with van der Waals surface area (Å²) in [5.74, 6) is 1.68. The second kappa shape index (κ2) is 5.91. The molecule has 0 bridgehead atoms. The fraction of sp³-hybridized carbons (Fsp3) is 0.278. The van der Waals surface area contributed by atoms with Gasteiger partial charge in [-0.1, -0.05) is 42.8 Å². The molecule has 0 atom stereocenters. The summed E-state index contributed by atoms with van der Waals surface area (Å²) < 4.78 is 5.79. The lowest BCUT2D eigenvalue weighted by molar-refractivity contribution is 0.180. The third kappa shape index (κ3) is 2.90. The van der Waals surface area contributed by atoms with Crippen molar-refractivity contribution < 1.29 is 9.53 Å². The molecular weight excluding hydrogens is 248 g/mol. The summed E-state index contributed by atoms with van der Waals surface area (Å²) in [6, 6.07) is 15.6. The van der Waals surface area contributed by atoms with Crippen molar-refractivity contribution in [3.05, 3.63) is 54.1 Å². The van der Waals surface area contributed by atoms with Crippen molar-refractivity contribution in [1.29, 1.82) is 0 Å². The minimum absolute atomic E-state index is 0.578. The van der Waals surface area contributed by atoms with Crippen LogP contribution in [0.1, 0.15) is 24.8 Å². The number of ether oxygens (including phenoxy) is 1. The van der Waals surface area contributed by atoms with Gasteiger partial charge in [-0.2, -0.15) is 0 Å². The van der Waals surface area contributed by atoms with Gasteiger partial charge in [0.05, 0.1) is 6.61 Å². The standard InChI is InChI=1S/C18H17O2/c19-12-14-4-6-16(7-5-14)17-8-10-18(11-9-17)20-13-15-2-1-3-15/h4-11,15H,1-3,13H2. The van der Waals surface area contributed by atoms with Crippen LogP contribution in [0.4, 0.5) is 0 Å². The number of rotatable bonds is 5. The predicted molar refractivity (Wildman–Crippen MR) is 79.5 cm³/mol. The van der Waals surface area contributed by atoms with Crippen molar-refractivity contribution in [3.8, 4) is 16.9 Å². The summed E-state index contributed by atoms with van der Waals surface area (Å²) in [4.78, 5) is 10.5. The third-order valence-electron chi connectivity index (χ3n) is 3.90. The first-order valence-corrected chi connectivity index (χ1v) is 7.06. The smallest absolute Gasteiger partial charge is 0.233 e. The average molecular weight is 265 g/mol. The first kappa shape index (κ1) is 12.9. The summed E-state index contributed by atoms with van der Waals surface area (Å²) in [6.07, 6.45) is 5.84. The second-order valence-corrected chi connectivity index (χ2v) is 5.31. The summed E-state index contributed by atoms with van der Waals surface area (Å²) in [7, 11) is 0. The Labute approximate surface area is 119 Å². The molecule has 0 spiro atoms. The van der Waals surface area contributed by atoms with Crippen LogP contribution in [-0.2, 0) is 4.79 Å². The fourth-order valence-electron chi connectivity index (χ4n) is 2.35. The monoisotopic (exact) mass is 265 g/mol. The number of hydrogen-bond acceptors (Lipinski definition) is 2. The van der Waals surface area contributed by atoms with Crippen LogP contribution in [0.5, 0.6) is 5.75 Å². The molecule has 0 N–H and O–H groups in total. The molecule has 101 valence electrons. The van der Waals surface area contributed by atoms with Gasteiger partial charge in [0.2, 0.25) is 6.29 Å². The van der Waals surface area contributed by atoms with Crippen molar-refractivity contribution in [2.24, 2.45) is 5.92 Å². The van der Waals surface area contributed by atoms with Crippen LogP contribution in [0.2, 0.25) is 0 Å². The maximum Gasteiger partial charge on any atom is 0.233 e. The van der Waals surface area contributed by atoms with Gasteiger partial charge < -0.3 is 4.74 Å². The molecule has 0 aliphatic heterocycles. The molecule has 1 radical (unpaired) electrons. The van der Waals surface area contributed by atoms with Gasteiger partial charge in [-0.15, -0.1) is 0 Å². The van der Waals surface area contributed by atoms with E-state index in [0.29, 0.717) is 5.56 Å². The first-order valence-electron chi connectivity index (χ1n) is 7.06. The maximum absolute atomic E-state index is 10.5. The highest BCUT2D eigenvalue weighted by molar-refractivity contribution is 5.77. The molecule has 0 unspecified atom stereocenters. The van der Waals surface area contributed by atoms with E-state index in [1.165, 1.54) is 19.3 Å². The molecule has 2 heteroatoms. The highest BCUT2D eigenvalue weighted by atomic mass is 16.5. The number of carbonyl (C=O) groups excluding carboxylic acids is 1. The molecule has 0 amide bonds. The highest BCUT2D eigenvalue weighted by Crippen LogP contribution is 2.28. The van der Waals surface area contributed by atoms with Gasteiger partial charge >= 0.3 is 0 Å². The highest BCUT2D eigenvalue weighted by Gasteiger charge is 2.17. The van der Waals surface area contributed by atoms with Crippen LogP contribution < -0.4 is 4.74 Å². The van der Waals surface area contributed by atoms with E-state index in [1.807, 2.05) is 30.6 Å². The van der Waals surface area contributed by atoms with Gasteiger partial charge in [0.15, 0.2) is 0 Å². The summed E-state index contributed by atoms with van der Waals surface area (Å²) in [5, 5.41) is 0. The van der Waals surface area contributed by atoms with Gasteiger partial charge in [-0.25, -0.2) is 0 Å². The number of benzene rings is 2. The first-order chi connectivity index (χ1) is 9.85. The van der Waals surface area contributed by atoms with E-state index < -0.39 is 0 Å². The summed E-state index contributed by atoms with van der Waals surface area (Å²) in [6.45, 7) is 0.837. The van der Waals surface area contributed by atoms with Gasteiger partial charge in [0, 0.05) is 5.56 Å². The van der Waals surface area contributed by atoms with Crippen molar-refractivity contribution in [2.75, 3.05) is 6.61 Å². The van der Waals surface area contributed by atoms with Crippen LogP contribution in [0, 0.1) is 5.92 Å². The van der Waals surface area contributed by atoms with Gasteiger partial charge in [0.25, 0.3) is 0 Å². The van der Waals surface area contributed by atoms with E-state index in [4.69, 9.17) is 4.74 Å². The Kier molecular flexibility index (Phi) is 3.82. The van der Waals surface area contributed by atoms with Crippen molar-refractivity contribution in [1.82, 2.24) is 0 Å². The second-order valence-electron chi connectivity index (χ2n) is 5.31. The molecule has 1 saturated carbocycles. The summed E-state index contributed by atoms with van der Waals surface area (Å²) >= 11 is 0. The van der Waals surface area contributed by atoms with E-state index in [1.54, 1.807) is 12.1 Å². The average Bonchev–Trinajstić information content (AvgIpc) is 2.46. The SMILES string of the molecule is O=[C]c1ccc(-c2ccc(OCC3CCC3)cc2)cc1. The van der Waals surface area contributed by atoms with Crippen molar-refractivity contribution in [3.63, 3.8) is 0 Å². The van der Waals surface area contributed by atoms with Crippen molar-refractivity contribution >= 4 is 6.29 Å². The molecule has 2 nitrogen and oxygen atoms in total. The number of hydrogen-bond donors (Lipinski definition) is 0. The Hall–Kier alpha value is -2.09. The molecule has 20 heavy (non-hydrogen) atoms. The Morgan fingerprint density at radius 3 is 2.05 bits per heavy atom. The topological polar surface area (TPSA) is 26.3 Å². The molecule has 1 aliphatic rings. The van der Waals surface area contributed by atoms with E-state index in [-0.39, 0.29) is 0 Å². The Morgan fingerprint density at radius 2 is 1.55 bits per heavy atom. The molecule has 0 saturated heterocycles. The fourth-order valence-corrected chi connectivity index (χ4v) is 2.35. The molecule has 1 aliphatic carbocycles. The largest absolute Gasteiger partial charge is 0.493 e. The van der Waals surface area contributed by atoms with Crippen molar-refractivity contribution in [2.45, 2.75) is 19.3 Å². The Morgan fingerprint density at radius 1 is 0.950 bits per heavy atom. The van der Waals surface area contributed by atoms with E-state index >= 15 is 0 Å². The zero-order chi connectivity index (χ0) is 13.8. The third-order valence-corrected chi connectivity index (χ3v) is 3.90. The van der Waals surface area contributed by atoms with Gasteiger partial charge in [-0.3, -0.25) is 4.79 Å². The molecule has 0 heterocycles.